The number of halogens is 1. The Morgan fingerprint density at radius 1 is 1.25 bits per heavy atom. The summed E-state index contributed by atoms with van der Waals surface area (Å²) in [6.07, 6.45) is 6.22. The van der Waals surface area contributed by atoms with Gasteiger partial charge in [-0.2, -0.15) is 0 Å². The third-order valence-corrected chi connectivity index (χ3v) is 4.16. The molecule has 1 fully saturated rings. The number of hydrogen-bond acceptors (Lipinski definition) is 2. The molecule has 1 aromatic carbocycles. The van der Waals surface area contributed by atoms with E-state index in [0.717, 1.165) is 18.5 Å². The molecule has 1 aliphatic carbocycles. The van der Waals surface area contributed by atoms with Crippen molar-refractivity contribution < 1.29 is 4.79 Å². The van der Waals surface area contributed by atoms with Gasteiger partial charge in [0, 0.05) is 24.1 Å². The van der Waals surface area contributed by atoms with E-state index in [-0.39, 0.29) is 24.1 Å². The van der Waals surface area contributed by atoms with Crippen LogP contribution in [0.2, 0.25) is 0 Å². The molecule has 1 saturated carbocycles. The van der Waals surface area contributed by atoms with Gasteiger partial charge in [0.25, 0.3) is 0 Å². The second-order valence-corrected chi connectivity index (χ2v) is 5.71. The van der Waals surface area contributed by atoms with Crippen molar-refractivity contribution in [3.63, 3.8) is 0 Å². The third kappa shape index (κ3) is 4.60. The predicted octanol–water partition coefficient (Wildman–Crippen LogP) is 4.02. The summed E-state index contributed by atoms with van der Waals surface area (Å²) in [5.74, 6) is 0.321. The van der Waals surface area contributed by atoms with E-state index in [2.05, 4.69) is 24.4 Å². The Balaban J connectivity index is 0.00000200. The first-order valence-electron chi connectivity index (χ1n) is 7.57. The quantitative estimate of drug-likeness (QED) is 0.803. The molecule has 1 atom stereocenters. The highest BCUT2D eigenvalue weighted by Gasteiger charge is 2.19. The van der Waals surface area contributed by atoms with Gasteiger partial charge in [-0.15, -0.1) is 12.4 Å². The SMILES string of the molecule is CCc1ccc(C(=O)C(C)CNC2CCCC2)cc1.Cl. The maximum absolute atomic E-state index is 12.3. The second kappa shape index (κ2) is 8.43. The lowest BCUT2D eigenvalue weighted by Crippen LogP contribution is -2.33. The zero-order chi connectivity index (χ0) is 13.7. The van der Waals surface area contributed by atoms with E-state index >= 15 is 0 Å². The van der Waals surface area contributed by atoms with Crippen LogP contribution in [-0.4, -0.2) is 18.4 Å². The van der Waals surface area contributed by atoms with Crippen molar-refractivity contribution >= 4 is 18.2 Å². The van der Waals surface area contributed by atoms with Crippen molar-refractivity contribution in [2.45, 2.75) is 52.0 Å². The number of aryl methyl sites for hydroxylation is 1. The Bertz CT molecular complexity index is 410. The molecule has 0 amide bonds. The van der Waals surface area contributed by atoms with Crippen molar-refractivity contribution in [1.29, 1.82) is 0 Å². The molecule has 0 bridgehead atoms. The van der Waals surface area contributed by atoms with E-state index < -0.39 is 0 Å². The van der Waals surface area contributed by atoms with Crippen molar-refractivity contribution in [2.24, 2.45) is 5.92 Å². The molecule has 2 rings (SSSR count). The number of Topliss-reactive ketones (excluding diaryl/α,β-unsaturated/α-hetero) is 1. The van der Waals surface area contributed by atoms with Gasteiger partial charge < -0.3 is 5.32 Å². The van der Waals surface area contributed by atoms with Gasteiger partial charge >= 0.3 is 0 Å². The predicted molar refractivity (Wildman–Crippen MR) is 86.8 cm³/mol. The molecule has 0 spiro atoms. The number of ketones is 1. The summed E-state index contributed by atoms with van der Waals surface area (Å²) in [6.45, 7) is 4.96. The third-order valence-electron chi connectivity index (χ3n) is 4.16. The van der Waals surface area contributed by atoms with Gasteiger partial charge in [0.2, 0.25) is 0 Å². The van der Waals surface area contributed by atoms with Crippen LogP contribution in [0, 0.1) is 5.92 Å². The van der Waals surface area contributed by atoms with Crippen molar-refractivity contribution in [2.75, 3.05) is 6.54 Å². The first-order valence-corrected chi connectivity index (χ1v) is 7.57. The maximum atomic E-state index is 12.3. The molecule has 1 unspecified atom stereocenters. The second-order valence-electron chi connectivity index (χ2n) is 5.71. The van der Waals surface area contributed by atoms with E-state index in [1.807, 2.05) is 19.1 Å². The fourth-order valence-corrected chi connectivity index (χ4v) is 2.76. The highest BCUT2D eigenvalue weighted by atomic mass is 35.5. The van der Waals surface area contributed by atoms with Crippen LogP contribution in [0.5, 0.6) is 0 Å². The van der Waals surface area contributed by atoms with Crippen molar-refractivity contribution in [3.05, 3.63) is 35.4 Å². The molecule has 0 radical (unpaired) electrons. The minimum atomic E-state index is 0. The van der Waals surface area contributed by atoms with Crippen LogP contribution in [0.4, 0.5) is 0 Å². The Labute approximate surface area is 128 Å². The average Bonchev–Trinajstić information content (AvgIpc) is 2.97. The summed E-state index contributed by atoms with van der Waals surface area (Å²) in [7, 11) is 0. The molecule has 0 aromatic heterocycles. The van der Waals surface area contributed by atoms with Gasteiger partial charge in [0.1, 0.15) is 0 Å². The summed E-state index contributed by atoms with van der Waals surface area (Å²) in [4.78, 5) is 12.3. The standard InChI is InChI=1S/C17H25NO.ClH/c1-3-14-8-10-15(11-9-14)17(19)13(2)12-18-16-6-4-5-7-16;/h8-11,13,16,18H,3-7,12H2,1-2H3;1H. The van der Waals surface area contributed by atoms with Gasteiger partial charge in [-0.05, 0) is 24.8 Å². The lowest BCUT2D eigenvalue weighted by atomic mass is 9.97. The Kier molecular flexibility index (Phi) is 7.25. The molecule has 1 aliphatic rings. The average molecular weight is 296 g/mol. The van der Waals surface area contributed by atoms with E-state index in [1.54, 1.807) is 0 Å². The van der Waals surface area contributed by atoms with E-state index in [4.69, 9.17) is 0 Å². The topological polar surface area (TPSA) is 29.1 Å². The minimum absolute atomic E-state index is 0. The van der Waals surface area contributed by atoms with Gasteiger partial charge in [-0.3, -0.25) is 4.79 Å². The van der Waals surface area contributed by atoms with Gasteiger partial charge in [-0.1, -0.05) is 51.0 Å². The number of carbonyl (C=O) groups is 1. The van der Waals surface area contributed by atoms with Crippen LogP contribution in [0.15, 0.2) is 24.3 Å². The summed E-state index contributed by atoms with van der Waals surface area (Å²) in [5.41, 5.74) is 2.13. The summed E-state index contributed by atoms with van der Waals surface area (Å²) in [5, 5.41) is 3.53. The first kappa shape index (κ1) is 17.2. The van der Waals surface area contributed by atoms with Crippen LogP contribution in [-0.2, 0) is 6.42 Å². The van der Waals surface area contributed by atoms with E-state index in [0.29, 0.717) is 6.04 Å². The molecule has 0 saturated heterocycles. The van der Waals surface area contributed by atoms with Crippen molar-refractivity contribution in [1.82, 2.24) is 5.32 Å². The van der Waals surface area contributed by atoms with E-state index in [1.165, 1.54) is 31.2 Å². The van der Waals surface area contributed by atoms with E-state index in [9.17, 15) is 4.79 Å². The molecule has 2 nitrogen and oxygen atoms in total. The van der Waals surface area contributed by atoms with Crippen molar-refractivity contribution in [3.8, 4) is 0 Å². The van der Waals surface area contributed by atoms with Crippen LogP contribution in [0.3, 0.4) is 0 Å². The van der Waals surface area contributed by atoms with Gasteiger partial charge in [0.15, 0.2) is 5.78 Å². The summed E-state index contributed by atoms with van der Waals surface area (Å²) >= 11 is 0. The van der Waals surface area contributed by atoms with Crippen LogP contribution in [0.25, 0.3) is 0 Å². The van der Waals surface area contributed by atoms with Crippen LogP contribution < -0.4 is 5.32 Å². The fraction of sp³-hybridized carbons (Fsp3) is 0.588. The number of carbonyl (C=O) groups excluding carboxylic acids is 1. The normalized spacial score (nSPS) is 16.7. The van der Waals surface area contributed by atoms with Gasteiger partial charge in [0.05, 0.1) is 0 Å². The smallest absolute Gasteiger partial charge is 0.166 e. The minimum Gasteiger partial charge on any atom is -0.313 e. The lowest BCUT2D eigenvalue weighted by Gasteiger charge is -2.16. The number of hydrogen-bond donors (Lipinski definition) is 1. The zero-order valence-corrected chi connectivity index (χ0v) is 13.3. The number of benzene rings is 1. The molecule has 3 heteroatoms. The Morgan fingerprint density at radius 2 is 1.85 bits per heavy atom. The number of rotatable bonds is 6. The summed E-state index contributed by atoms with van der Waals surface area (Å²) < 4.78 is 0. The Morgan fingerprint density at radius 3 is 2.40 bits per heavy atom. The highest BCUT2D eigenvalue weighted by molar-refractivity contribution is 5.97. The monoisotopic (exact) mass is 295 g/mol. The molecule has 112 valence electrons. The molecule has 1 N–H and O–H groups in total. The summed E-state index contributed by atoms with van der Waals surface area (Å²) in [6, 6.07) is 8.69. The largest absolute Gasteiger partial charge is 0.313 e. The maximum Gasteiger partial charge on any atom is 0.166 e. The highest BCUT2D eigenvalue weighted by Crippen LogP contribution is 2.18. The molecular formula is C17H26ClNO. The first-order chi connectivity index (χ1) is 9.20. The lowest BCUT2D eigenvalue weighted by molar-refractivity contribution is 0.0927. The van der Waals surface area contributed by atoms with Gasteiger partial charge in [-0.25, -0.2) is 0 Å². The molecular weight excluding hydrogens is 270 g/mol. The van der Waals surface area contributed by atoms with Crippen LogP contribution in [0.1, 0.15) is 55.5 Å². The molecule has 1 aromatic rings. The fourth-order valence-electron chi connectivity index (χ4n) is 2.76. The molecule has 20 heavy (non-hydrogen) atoms. The zero-order valence-electron chi connectivity index (χ0n) is 12.5. The Hall–Kier alpha value is -0.860. The molecule has 0 aliphatic heterocycles. The van der Waals surface area contributed by atoms with Crippen LogP contribution >= 0.6 is 12.4 Å². The number of nitrogens with one attached hydrogen (secondary N) is 1. The molecule has 0 heterocycles.